The normalized spacial score (nSPS) is 14.5. The number of hydrogen-bond acceptors (Lipinski definition) is 4. The van der Waals surface area contributed by atoms with E-state index in [1.165, 1.54) is 4.90 Å². The molecular weight excluding hydrogens is 567 g/mol. The summed E-state index contributed by atoms with van der Waals surface area (Å²) in [4.78, 5) is 26.5. The van der Waals surface area contributed by atoms with Crippen LogP contribution in [0.25, 0.3) is 6.08 Å². The number of halogens is 2. The highest BCUT2D eigenvalue weighted by molar-refractivity contribution is 14.1. The average molecular weight is 589 g/mol. The van der Waals surface area contributed by atoms with Crippen LogP contribution in [0.4, 0.5) is 4.79 Å². The van der Waals surface area contributed by atoms with Crippen LogP contribution >= 0.6 is 34.2 Å². The first-order chi connectivity index (χ1) is 16.4. The number of methoxy groups -OCH3 is 1. The first-order valence-corrected chi connectivity index (χ1v) is 11.9. The molecule has 1 aliphatic rings. The van der Waals surface area contributed by atoms with Crippen LogP contribution < -0.4 is 14.8 Å². The molecule has 0 aliphatic carbocycles. The summed E-state index contributed by atoms with van der Waals surface area (Å²) in [5.74, 6) is 0.714. The molecule has 4 rings (SSSR count). The molecule has 0 unspecified atom stereocenters. The zero-order valence-corrected chi connectivity index (χ0v) is 21.5. The number of benzene rings is 3. The third kappa shape index (κ3) is 5.37. The van der Waals surface area contributed by atoms with E-state index in [2.05, 4.69) is 27.9 Å². The van der Waals surface area contributed by atoms with E-state index in [4.69, 9.17) is 21.1 Å². The van der Waals surface area contributed by atoms with Crippen molar-refractivity contribution in [3.63, 3.8) is 0 Å². The summed E-state index contributed by atoms with van der Waals surface area (Å²) in [5.41, 5.74) is 3.77. The number of ether oxygens (including phenoxy) is 2. The molecule has 3 aromatic rings. The van der Waals surface area contributed by atoms with Crippen molar-refractivity contribution in [1.29, 1.82) is 0 Å². The minimum absolute atomic E-state index is 0.206. The van der Waals surface area contributed by atoms with Crippen LogP contribution in [0.15, 0.2) is 66.4 Å². The third-order valence-electron chi connectivity index (χ3n) is 5.32. The van der Waals surface area contributed by atoms with Crippen molar-refractivity contribution >= 4 is 52.2 Å². The Kier molecular flexibility index (Phi) is 7.43. The Bertz CT molecular complexity index is 1270. The van der Waals surface area contributed by atoms with Gasteiger partial charge in [0.15, 0.2) is 11.5 Å². The van der Waals surface area contributed by atoms with Crippen LogP contribution in [0, 0.1) is 10.5 Å². The molecule has 0 radical (unpaired) electrons. The summed E-state index contributed by atoms with van der Waals surface area (Å²) in [6.45, 7) is 2.48. The van der Waals surface area contributed by atoms with Gasteiger partial charge in [0.25, 0.3) is 5.91 Å². The van der Waals surface area contributed by atoms with Gasteiger partial charge in [-0.1, -0.05) is 59.6 Å². The van der Waals surface area contributed by atoms with Crippen LogP contribution in [-0.2, 0) is 17.9 Å². The summed E-state index contributed by atoms with van der Waals surface area (Å²) < 4.78 is 12.3. The average Bonchev–Trinajstić information content (AvgIpc) is 3.07. The fourth-order valence-electron chi connectivity index (χ4n) is 3.49. The molecule has 174 valence electrons. The molecule has 0 spiro atoms. The molecule has 3 aromatic carbocycles. The largest absolute Gasteiger partial charge is 0.493 e. The van der Waals surface area contributed by atoms with Crippen LogP contribution in [0.5, 0.6) is 11.5 Å². The van der Waals surface area contributed by atoms with Gasteiger partial charge in [0.2, 0.25) is 0 Å². The molecule has 1 fully saturated rings. The molecule has 0 bridgehead atoms. The standard InChI is InChI=1S/C26H22ClIN2O4/c1-16-7-9-17(10-8-16)14-30-25(31)22(29-26(30)32)12-18-11-21(28)24(23(13-18)33-2)34-15-19-5-3-4-6-20(19)27/h3-13H,14-15H2,1-2H3,(H,29,32)/b22-12+. The lowest BCUT2D eigenvalue weighted by molar-refractivity contribution is -0.123. The number of imide groups is 1. The Morgan fingerprint density at radius 3 is 2.53 bits per heavy atom. The third-order valence-corrected chi connectivity index (χ3v) is 6.49. The lowest BCUT2D eigenvalue weighted by Gasteiger charge is -2.14. The minimum atomic E-state index is -0.446. The van der Waals surface area contributed by atoms with Crippen molar-refractivity contribution in [2.45, 2.75) is 20.1 Å². The fraction of sp³-hybridized carbons (Fsp3) is 0.154. The second kappa shape index (κ2) is 10.5. The van der Waals surface area contributed by atoms with E-state index in [9.17, 15) is 9.59 Å². The van der Waals surface area contributed by atoms with Crippen molar-refractivity contribution in [1.82, 2.24) is 10.2 Å². The van der Waals surface area contributed by atoms with Crippen molar-refractivity contribution in [3.05, 3.63) is 97.2 Å². The molecule has 1 saturated heterocycles. The Hall–Kier alpha value is -3.04. The number of aryl methyl sites for hydroxylation is 1. The van der Waals surface area contributed by atoms with E-state index in [-0.39, 0.29) is 24.8 Å². The predicted octanol–water partition coefficient (Wildman–Crippen LogP) is 5.93. The van der Waals surface area contributed by atoms with E-state index in [1.54, 1.807) is 19.3 Å². The van der Waals surface area contributed by atoms with Gasteiger partial charge < -0.3 is 14.8 Å². The van der Waals surface area contributed by atoms with Gasteiger partial charge in [0, 0.05) is 10.6 Å². The van der Waals surface area contributed by atoms with Crippen LogP contribution in [0.1, 0.15) is 22.3 Å². The van der Waals surface area contributed by atoms with Gasteiger partial charge in [-0.25, -0.2) is 4.79 Å². The molecule has 1 heterocycles. The number of hydrogen-bond donors (Lipinski definition) is 1. The molecule has 3 amide bonds. The zero-order valence-electron chi connectivity index (χ0n) is 18.6. The van der Waals surface area contributed by atoms with Gasteiger partial charge in [-0.3, -0.25) is 9.69 Å². The lowest BCUT2D eigenvalue weighted by Crippen LogP contribution is -2.30. The molecule has 1 aliphatic heterocycles. The highest BCUT2D eigenvalue weighted by atomic mass is 127. The molecule has 8 heteroatoms. The van der Waals surface area contributed by atoms with E-state index < -0.39 is 6.03 Å². The summed E-state index contributed by atoms with van der Waals surface area (Å²) >= 11 is 8.38. The first-order valence-electron chi connectivity index (χ1n) is 10.5. The van der Waals surface area contributed by atoms with E-state index in [0.717, 1.165) is 20.3 Å². The van der Waals surface area contributed by atoms with Gasteiger partial charge in [0.1, 0.15) is 12.3 Å². The Morgan fingerprint density at radius 2 is 1.82 bits per heavy atom. The molecule has 0 atom stereocenters. The quantitative estimate of drug-likeness (QED) is 0.211. The molecule has 34 heavy (non-hydrogen) atoms. The van der Waals surface area contributed by atoms with E-state index >= 15 is 0 Å². The van der Waals surface area contributed by atoms with Crippen molar-refractivity contribution < 1.29 is 19.1 Å². The van der Waals surface area contributed by atoms with Crippen LogP contribution in [-0.4, -0.2) is 23.9 Å². The van der Waals surface area contributed by atoms with Gasteiger partial charge in [0.05, 0.1) is 17.2 Å². The topological polar surface area (TPSA) is 67.9 Å². The number of rotatable bonds is 7. The van der Waals surface area contributed by atoms with Crippen molar-refractivity contribution in [3.8, 4) is 11.5 Å². The molecule has 0 saturated carbocycles. The second-order valence-electron chi connectivity index (χ2n) is 7.78. The maximum atomic E-state index is 12.9. The van der Waals surface area contributed by atoms with Crippen molar-refractivity contribution in [2.24, 2.45) is 0 Å². The number of nitrogens with one attached hydrogen (secondary N) is 1. The Morgan fingerprint density at radius 1 is 1.09 bits per heavy atom. The first kappa shape index (κ1) is 24.1. The maximum Gasteiger partial charge on any atom is 0.329 e. The second-order valence-corrected chi connectivity index (χ2v) is 9.35. The van der Waals surface area contributed by atoms with E-state index in [0.29, 0.717) is 22.1 Å². The molecule has 0 aromatic heterocycles. The molecular formula is C26H22ClIN2O4. The predicted molar refractivity (Wildman–Crippen MR) is 140 cm³/mol. The number of carbonyl (C=O) groups excluding carboxylic acids is 2. The summed E-state index contributed by atoms with van der Waals surface area (Å²) in [6.07, 6.45) is 1.64. The molecule has 6 nitrogen and oxygen atoms in total. The monoisotopic (exact) mass is 588 g/mol. The highest BCUT2D eigenvalue weighted by Crippen LogP contribution is 2.36. The summed E-state index contributed by atoms with van der Waals surface area (Å²) in [6, 6.07) is 18.4. The van der Waals surface area contributed by atoms with Gasteiger partial charge in [-0.05, 0) is 64.9 Å². The van der Waals surface area contributed by atoms with Gasteiger partial charge >= 0.3 is 6.03 Å². The van der Waals surface area contributed by atoms with Crippen LogP contribution in [0.3, 0.4) is 0 Å². The maximum absolute atomic E-state index is 12.9. The number of carbonyl (C=O) groups is 2. The smallest absolute Gasteiger partial charge is 0.329 e. The number of amides is 3. The lowest BCUT2D eigenvalue weighted by atomic mass is 10.1. The fourth-order valence-corrected chi connectivity index (χ4v) is 4.46. The zero-order chi connectivity index (χ0) is 24.2. The number of urea groups is 1. The van der Waals surface area contributed by atoms with Crippen molar-refractivity contribution in [2.75, 3.05) is 7.11 Å². The summed E-state index contributed by atoms with van der Waals surface area (Å²) in [7, 11) is 1.55. The minimum Gasteiger partial charge on any atom is -0.493 e. The highest BCUT2D eigenvalue weighted by Gasteiger charge is 2.33. The number of nitrogens with zero attached hydrogens (tertiary/aromatic N) is 1. The SMILES string of the molecule is COc1cc(/C=C2/NC(=O)N(Cc3ccc(C)cc3)C2=O)cc(I)c1OCc1ccccc1Cl. The Balaban J connectivity index is 1.53. The van der Waals surface area contributed by atoms with Gasteiger partial charge in [-0.2, -0.15) is 0 Å². The Labute approximate surface area is 216 Å². The van der Waals surface area contributed by atoms with Crippen LogP contribution in [0.2, 0.25) is 5.02 Å². The molecule has 1 N–H and O–H groups in total. The van der Waals surface area contributed by atoms with E-state index in [1.807, 2.05) is 61.5 Å². The van der Waals surface area contributed by atoms with Gasteiger partial charge in [-0.15, -0.1) is 0 Å². The summed E-state index contributed by atoms with van der Waals surface area (Å²) in [5, 5.41) is 3.30.